The van der Waals surface area contributed by atoms with Crippen LogP contribution in [0, 0.1) is 6.92 Å². The number of carbonyl (C=O) groups excluding carboxylic acids is 3. The van der Waals surface area contributed by atoms with Crippen LogP contribution < -0.4 is 20.2 Å². The second kappa shape index (κ2) is 11.1. The lowest BCUT2D eigenvalue weighted by Gasteiger charge is -2.09. The summed E-state index contributed by atoms with van der Waals surface area (Å²) in [7, 11) is 1.53. The SMILES string of the molecule is COc1ccc(C(=O)Oc2ccc(Br)cc2/C=N/NC(=O)C(=O)Nc2ccccc2C)cc1. The summed E-state index contributed by atoms with van der Waals surface area (Å²) in [5.74, 6) is -1.54. The third-order valence-electron chi connectivity index (χ3n) is 4.47. The average Bonchev–Trinajstić information content (AvgIpc) is 2.82. The zero-order valence-corrected chi connectivity index (χ0v) is 19.4. The molecular weight excluding hydrogens is 490 g/mol. The van der Waals surface area contributed by atoms with Crippen LogP contribution in [0.4, 0.5) is 5.69 Å². The van der Waals surface area contributed by atoms with Gasteiger partial charge >= 0.3 is 17.8 Å². The summed E-state index contributed by atoms with van der Waals surface area (Å²) in [4.78, 5) is 36.6. The van der Waals surface area contributed by atoms with Gasteiger partial charge in [0.05, 0.1) is 18.9 Å². The number of hydrazone groups is 1. The Balaban J connectivity index is 1.67. The van der Waals surface area contributed by atoms with E-state index in [1.54, 1.807) is 54.6 Å². The maximum atomic E-state index is 12.5. The van der Waals surface area contributed by atoms with E-state index in [-0.39, 0.29) is 5.75 Å². The second-order valence-corrected chi connectivity index (χ2v) is 7.68. The van der Waals surface area contributed by atoms with Crippen LogP contribution in [0.15, 0.2) is 76.3 Å². The molecule has 0 aromatic heterocycles. The van der Waals surface area contributed by atoms with Gasteiger partial charge in [0.2, 0.25) is 0 Å². The third-order valence-corrected chi connectivity index (χ3v) is 4.96. The first kappa shape index (κ1) is 23.7. The number of nitrogens with one attached hydrogen (secondary N) is 2. The number of anilines is 1. The van der Waals surface area contributed by atoms with E-state index in [1.807, 2.05) is 19.1 Å². The maximum Gasteiger partial charge on any atom is 0.343 e. The van der Waals surface area contributed by atoms with Crippen molar-refractivity contribution in [2.24, 2.45) is 5.10 Å². The molecule has 0 aliphatic rings. The van der Waals surface area contributed by atoms with Crippen molar-refractivity contribution in [2.45, 2.75) is 6.92 Å². The number of ether oxygens (including phenoxy) is 2. The Kier molecular flexibility index (Phi) is 7.93. The molecule has 0 spiro atoms. The maximum absolute atomic E-state index is 12.5. The van der Waals surface area contributed by atoms with Crippen LogP contribution in [0.5, 0.6) is 11.5 Å². The topological polar surface area (TPSA) is 106 Å². The molecule has 0 bridgehead atoms. The molecule has 0 saturated carbocycles. The Morgan fingerprint density at radius 1 is 0.970 bits per heavy atom. The number of methoxy groups -OCH3 is 1. The lowest BCUT2D eigenvalue weighted by atomic mass is 10.2. The molecule has 0 heterocycles. The number of carbonyl (C=O) groups is 3. The van der Waals surface area contributed by atoms with Gasteiger partial charge in [0.25, 0.3) is 0 Å². The number of hydrogen-bond acceptors (Lipinski definition) is 6. The molecule has 3 rings (SSSR count). The lowest BCUT2D eigenvalue weighted by molar-refractivity contribution is -0.136. The lowest BCUT2D eigenvalue weighted by Crippen LogP contribution is -2.32. The van der Waals surface area contributed by atoms with Crippen molar-refractivity contribution in [3.8, 4) is 11.5 Å². The monoisotopic (exact) mass is 509 g/mol. The van der Waals surface area contributed by atoms with Crippen molar-refractivity contribution in [3.63, 3.8) is 0 Å². The number of rotatable bonds is 6. The zero-order chi connectivity index (χ0) is 23.8. The van der Waals surface area contributed by atoms with E-state index < -0.39 is 17.8 Å². The van der Waals surface area contributed by atoms with Gasteiger partial charge < -0.3 is 14.8 Å². The standard InChI is InChI=1S/C24H20BrN3O5/c1-15-5-3-4-6-20(15)27-22(29)23(30)28-26-14-17-13-18(25)9-12-21(17)33-24(31)16-7-10-19(32-2)11-8-16/h3-14H,1-2H3,(H,27,29)(H,28,30)/b26-14+. The molecule has 168 valence electrons. The summed E-state index contributed by atoms with van der Waals surface area (Å²) < 4.78 is 11.3. The van der Waals surface area contributed by atoms with E-state index in [9.17, 15) is 14.4 Å². The smallest absolute Gasteiger partial charge is 0.343 e. The Bertz CT molecular complexity index is 1210. The van der Waals surface area contributed by atoms with Crippen LogP contribution in [0.2, 0.25) is 0 Å². The van der Waals surface area contributed by atoms with Gasteiger partial charge in [0.15, 0.2) is 0 Å². The van der Waals surface area contributed by atoms with Crippen LogP contribution in [0.1, 0.15) is 21.5 Å². The van der Waals surface area contributed by atoms with Crippen molar-refractivity contribution < 1.29 is 23.9 Å². The number of halogens is 1. The number of hydrogen-bond donors (Lipinski definition) is 2. The first-order chi connectivity index (χ1) is 15.9. The van der Waals surface area contributed by atoms with E-state index in [0.29, 0.717) is 27.0 Å². The Labute approximate surface area is 198 Å². The fourth-order valence-electron chi connectivity index (χ4n) is 2.70. The van der Waals surface area contributed by atoms with E-state index in [4.69, 9.17) is 9.47 Å². The van der Waals surface area contributed by atoms with Crippen LogP contribution in [0.25, 0.3) is 0 Å². The molecule has 2 N–H and O–H groups in total. The number of esters is 1. The minimum atomic E-state index is -0.943. The van der Waals surface area contributed by atoms with Gasteiger partial charge in [-0.1, -0.05) is 34.1 Å². The van der Waals surface area contributed by atoms with Gasteiger partial charge in [0, 0.05) is 15.7 Å². The summed E-state index contributed by atoms with van der Waals surface area (Å²) in [6.07, 6.45) is 1.28. The van der Waals surface area contributed by atoms with E-state index >= 15 is 0 Å². The number of nitrogens with zero attached hydrogens (tertiary/aromatic N) is 1. The van der Waals surface area contributed by atoms with E-state index in [2.05, 4.69) is 31.8 Å². The molecular formula is C24H20BrN3O5. The van der Waals surface area contributed by atoms with E-state index in [1.165, 1.54) is 13.3 Å². The molecule has 8 nitrogen and oxygen atoms in total. The summed E-state index contributed by atoms with van der Waals surface area (Å²) in [6, 6.07) is 18.5. The molecule has 0 aliphatic heterocycles. The first-order valence-corrected chi connectivity index (χ1v) is 10.5. The Morgan fingerprint density at radius 3 is 2.39 bits per heavy atom. The van der Waals surface area contributed by atoms with Crippen molar-refractivity contribution in [2.75, 3.05) is 12.4 Å². The predicted octanol–water partition coefficient (Wildman–Crippen LogP) is 4.07. The molecule has 0 aliphatic carbocycles. The van der Waals surface area contributed by atoms with E-state index in [0.717, 1.165) is 5.56 Å². The van der Waals surface area contributed by atoms with Crippen LogP contribution >= 0.6 is 15.9 Å². The van der Waals surface area contributed by atoms with Crippen molar-refractivity contribution in [1.29, 1.82) is 0 Å². The highest BCUT2D eigenvalue weighted by Gasteiger charge is 2.15. The van der Waals surface area contributed by atoms with Gasteiger partial charge in [-0.05, 0) is 61.0 Å². The number of para-hydroxylation sites is 1. The molecule has 3 aromatic carbocycles. The average molecular weight is 510 g/mol. The van der Waals surface area contributed by atoms with Crippen molar-refractivity contribution in [3.05, 3.63) is 87.9 Å². The normalized spacial score (nSPS) is 10.5. The zero-order valence-electron chi connectivity index (χ0n) is 17.8. The fourth-order valence-corrected chi connectivity index (χ4v) is 3.08. The predicted molar refractivity (Wildman–Crippen MR) is 128 cm³/mol. The molecule has 33 heavy (non-hydrogen) atoms. The highest BCUT2D eigenvalue weighted by atomic mass is 79.9. The van der Waals surface area contributed by atoms with Gasteiger partial charge in [0.1, 0.15) is 11.5 Å². The fraction of sp³-hybridized carbons (Fsp3) is 0.0833. The summed E-state index contributed by atoms with van der Waals surface area (Å²) in [5, 5.41) is 6.34. The minimum Gasteiger partial charge on any atom is -0.497 e. The van der Waals surface area contributed by atoms with Crippen LogP contribution in [-0.4, -0.2) is 31.1 Å². The Morgan fingerprint density at radius 2 is 1.70 bits per heavy atom. The molecule has 0 radical (unpaired) electrons. The highest BCUT2D eigenvalue weighted by Crippen LogP contribution is 2.23. The molecule has 3 aromatic rings. The molecule has 9 heteroatoms. The van der Waals surface area contributed by atoms with Crippen molar-refractivity contribution in [1.82, 2.24) is 5.43 Å². The van der Waals surface area contributed by atoms with Gasteiger partial charge in [-0.15, -0.1) is 0 Å². The largest absolute Gasteiger partial charge is 0.497 e. The molecule has 0 saturated heterocycles. The number of amides is 2. The van der Waals surface area contributed by atoms with Crippen LogP contribution in [0.3, 0.4) is 0 Å². The number of benzene rings is 3. The minimum absolute atomic E-state index is 0.223. The van der Waals surface area contributed by atoms with Crippen LogP contribution in [-0.2, 0) is 9.59 Å². The Hall–Kier alpha value is -3.98. The van der Waals surface area contributed by atoms with Crippen molar-refractivity contribution >= 4 is 45.6 Å². The van der Waals surface area contributed by atoms with Gasteiger partial charge in [-0.25, -0.2) is 10.2 Å². The van der Waals surface area contributed by atoms with Gasteiger partial charge in [-0.3, -0.25) is 9.59 Å². The number of aryl methyl sites for hydroxylation is 1. The molecule has 0 fully saturated rings. The second-order valence-electron chi connectivity index (χ2n) is 6.77. The molecule has 0 unspecified atom stereocenters. The van der Waals surface area contributed by atoms with Gasteiger partial charge in [-0.2, -0.15) is 5.10 Å². The summed E-state index contributed by atoms with van der Waals surface area (Å²) >= 11 is 3.34. The highest BCUT2D eigenvalue weighted by molar-refractivity contribution is 9.10. The molecule has 2 amide bonds. The first-order valence-electron chi connectivity index (χ1n) is 9.73. The quantitative estimate of drug-likeness (QED) is 0.171. The molecule has 0 atom stereocenters. The third kappa shape index (κ3) is 6.50. The summed E-state index contributed by atoms with van der Waals surface area (Å²) in [5.41, 5.74) is 4.26. The summed E-state index contributed by atoms with van der Waals surface area (Å²) in [6.45, 7) is 1.81.